The largest absolute Gasteiger partial charge is 0.354 e. The number of carbonyl (C=O) groups is 1. The van der Waals surface area contributed by atoms with Gasteiger partial charge < -0.3 is 10.6 Å². The van der Waals surface area contributed by atoms with Crippen molar-refractivity contribution >= 4 is 33.5 Å². The van der Waals surface area contributed by atoms with Crippen LogP contribution in [0, 0.1) is 0 Å². The van der Waals surface area contributed by atoms with Gasteiger partial charge in [-0.2, -0.15) is 0 Å². The van der Waals surface area contributed by atoms with E-state index in [-0.39, 0.29) is 12.3 Å². The van der Waals surface area contributed by atoms with Gasteiger partial charge in [0.05, 0.1) is 17.8 Å². The summed E-state index contributed by atoms with van der Waals surface area (Å²) in [6.07, 6.45) is 2.90. The maximum absolute atomic E-state index is 12.1. The van der Waals surface area contributed by atoms with Crippen LogP contribution in [0.4, 0.5) is 11.6 Å². The minimum atomic E-state index is -0.0456. The SMILES string of the molecule is O=C1Cc2cnc(NCCc3ccc(Br)cc3)nc2-c2ccccc2N1. The standard InChI is InChI=1S/C20H17BrN4O/c21-15-7-5-13(6-8-15)9-10-22-20-23-12-14-11-18(26)24-17-4-2-1-3-16(17)19(14)25-20/h1-8,12H,9-11H2,(H,24,26)(H,22,23,25). The zero-order valence-corrected chi connectivity index (χ0v) is 15.6. The molecule has 1 amide bonds. The number of aromatic nitrogens is 2. The van der Waals surface area contributed by atoms with E-state index in [0.29, 0.717) is 5.95 Å². The van der Waals surface area contributed by atoms with Crippen molar-refractivity contribution in [3.05, 3.63) is 70.3 Å². The van der Waals surface area contributed by atoms with Crippen LogP contribution in [0.5, 0.6) is 0 Å². The number of hydrogen-bond acceptors (Lipinski definition) is 4. The summed E-state index contributed by atoms with van der Waals surface area (Å²) in [7, 11) is 0. The van der Waals surface area contributed by atoms with Crippen LogP contribution in [0.2, 0.25) is 0 Å². The summed E-state index contributed by atoms with van der Waals surface area (Å²) in [5.41, 5.74) is 4.60. The number of para-hydroxylation sites is 1. The smallest absolute Gasteiger partial charge is 0.228 e. The Kier molecular flexibility index (Phi) is 4.67. The molecular weight excluding hydrogens is 392 g/mol. The van der Waals surface area contributed by atoms with Gasteiger partial charge in [0.2, 0.25) is 11.9 Å². The molecular formula is C20H17BrN4O. The highest BCUT2D eigenvalue weighted by atomic mass is 79.9. The highest BCUT2D eigenvalue weighted by Crippen LogP contribution is 2.32. The lowest BCUT2D eigenvalue weighted by Crippen LogP contribution is -2.13. The fourth-order valence-electron chi connectivity index (χ4n) is 2.99. The second kappa shape index (κ2) is 7.25. The van der Waals surface area contributed by atoms with Crippen molar-refractivity contribution in [1.29, 1.82) is 0 Å². The molecule has 130 valence electrons. The molecule has 1 aromatic heterocycles. The first-order valence-electron chi connectivity index (χ1n) is 8.42. The lowest BCUT2D eigenvalue weighted by atomic mass is 10.1. The van der Waals surface area contributed by atoms with Crippen LogP contribution in [0.25, 0.3) is 11.3 Å². The third kappa shape index (κ3) is 3.60. The van der Waals surface area contributed by atoms with E-state index < -0.39 is 0 Å². The Labute approximate surface area is 160 Å². The Hall–Kier alpha value is -2.73. The molecule has 1 aliphatic heterocycles. The molecule has 0 atom stereocenters. The van der Waals surface area contributed by atoms with Gasteiger partial charge in [-0.1, -0.05) is 46.3 Å². The third-order valence-corrected chi connectivity index (χ3v) is 4.81. The van der Waals surface area contributed by atoms with Gasteiger partial charge in [0.1, 0.15) is 0 Å². The molecule has 3 aromatic rings. The Morgan fingerprint density at radius 2 is 1.92 bits per heavy atom. The van der Waals surface area contributed by atoms with E-state index in [9.17, 15) is 4.79 Å². The Bertz CT molecular complexity index is 956. The predicted molar refractivity (Wildman–Crippen MR) is 106 cm³/mol. The van der Waals surface area contributed by atoms with Crippen LogP contribution < -0.4 is 10.6 Å². The molecule has 0 saturated heterocycles. The van der Waals surface area contributed by atoms with Crippen molar-refractivity contribution in [2.45, 2.75) is 12.8 Å². The topological polar surface area (TPSA) is 66.9 Å². The molecule has 0 spiro atoms. The number of carbonyl (C=O) groups excluding carboxylic acids is 1. The van der Waals surface area contributed by atoms with Crippen LogP contribution >= 0.6 is 15.9 Å². The number of anilines is 2. The minimum absolute atomic E-state index is 0.0456. The maximum Gasteiger partial charge on any atom is 0.228 e. The maximum atomic E-state index is 12.1. The van der Waals surface area contributed by atoms with Crippen LogP contribution in [0.1, 0.15) is 11.1 Å². The van der Waals surface area contributed by atoms with Crippen molar-refractivity contribution in [2.24, 2.45) is 0 Å². The molecule has 2 aromatic carbocycles. The van der Waals surface area contributed by atoms with E-state index in [4.69, 9.17) is 0 Å². The molecule has 0 radical (unpaired) electrons. The number of hydrogen-bond donors (Lipinski definition) is 2. The number of halogens is 1. The van der Waals surface area contributed by atoms with Gasteiger partial charge in [-0.05, 0) is 30.2 Å². The lowest BCUT2D eigenvalue weighted by Gasteiger charge is -2.10. The Morgan fingerprint density at radius 1 is 1.12 bits per heavy atom. The number of benzene rings is 2. The molecule has 0 bridgehead atoms. The summed E-state index contributed by atoms with van der Waals surface area (Å²) in [5.74, 6) is 0.528. The average molecular weight is 409 g/mol. The van der Waals surface area contributed by atoms with Gasteiger partial charge in [-0.3, -0.25) is 4.79 Å². The number of fused-ring (bicyclic) bond motifs is 3. The van der Waals surface area contributed by atoms with E-state index in [1.54, 1.807) is 6.20 Å². The van der Waals surface area contributed by atoms with E-state index in [1.165, 1.54) is 5.56 Å². The Morgan fingerprint density at radius 3 is 2.77 bits per heavy atom. The van der Waals surface area contributed by atoms with Crippen LogP contribution in [-0.4, -0.2) is 22.4 Å². The second-order valence-electron chi connectivity index (χ2n) is 6.14. The fourth-order valence-corrected chi connectivity index (χ4v) is 3.25. The number of amides is 1. The van der Waals surface area contributed by atoms with E-state index in [1.807, 2.05) is 36.4 Å². The fraction of sp³-hybridized carbons (Fsp3) is 0.150. The van der Waals surface area contributed by atoms with Gasteiger partial charge in [0.25, 0.3) is 0 Å². The van der Waals surface area contributed by atoms with Gasteiger partial charge in [0.15, 0.2) is 0 Å². The first kappa shape index (κ1) is 16.7. The summed E-state index contributed by atoms with van der Waals surface area (Å²) in [4.78, 5) is 21.1. The normalized spacial score (nSPS) is 12.6. The van der Waals surface area contributed by atoms with Crippen LogP contribution in [0.15, 0.2) is 59.2 Å². The Balaban J connectivity index is 1.54. The monoisotopic (exact) mass is 408 g/mol. The number of nitrogens with zero attached hydrogens (tertiary/aromatic N) is 2. The summed E-state index contributed by atoms with van der Waals surface area (Å²) in [6, 6.07) is 16.0. The first-order valence-corrected chi connectivity index (χ1v) is 9.22. The number of nitrogens with one attached hydrogen (secondary N) is 2. The molecule has 6 heteroatoms. The summed E-state index contributed by atoms with van der Waals surface area (Å²) in [6.45, 7) is 0.735. The highest BCUT2D eigenvalue weighted by Gasteiger charge is 2.20. The number of rotatable bonds is 4. The quantitative estimate of drug-likeness (QED) is 0.682. The molecule has 0 fully saturated rings. The molecule has 26 heavy (non-hydrogen) atoms. The first-order chi connectivity index (χ1) is 12.7. The second-order valence-corrected chi connectivity index (χ2v) is 7.06. The molecule has 2 N–H and O–H groups in total. The third-order valence-electron chi connectivity index (χ3n) is 4.28. The van der Waals surface area contributed by atoms with Crippen molar-refractivity contribution in [3.63, 3.8) is 0 Å². The van der Waals surface area contributed by atoms with Gasteiger partial charge in [0, 0.05) is 28.3 Å². The van der Waals surface area contributed by atoms with E-state index in [0.717, 1.165) is 39.9 Å². The summed E-state index contributed by atoms with van der Waals surface area (Å²) < 4.78 is 1.07. The van der Waals surface area contributed by atoms with Crippen LogP contribution in [-0.2, 0) is 17.6 Å². The predicted octanol–water partition coefficient (Wildman–Crippen LogP) is 4.06. The minimum Gasteiger partial charge on any atom is -0.354 e. The molecule has 0 aliphatic carbocycles. The molecule has 2 heterocycles. The van der Waals surface area contributed by atoms with Crippen molar-refractivity contribution < 1.29 is 4.79 Å². The van der Waals surface area contributed by atoms with Crippen LogP contribution in [0.3, 0.4) is 0 Å². The van der Waals surface area contributed by atoms with Gasteiger partial charge in [-0.25, -0.2) is 9.97 Å². The molecule has 0 unspecified atom stereocenters. The van der Waals surface area contributed by atoms with Gasteiger partial charge in [-0.15, -0.1) is 0 Å². The van der Waals surface area contributed by atoms with Crippen molar-refractivity contribution in [3.8, 4) is 11.3 Å². The zero-order valence-electron chi connectivity index (χ0n) is 14.0. The van der Waals surface area contributed by atoms with Crippen molar-refractivity contribution in [2.75, 3.05) is 17.2 Å². The molecule has 0 saturated carbocycles. The average Bonchev–Trinajstić information content (AvgIpc) is 2.78. The molecule has 1 aliphatic rings. The highest BCUT2D eigenvalue weighted by molar-refractivity contribution is 9.10. The van der Waals surface area contributed by atoms with Crippen molar-refractivity contribution in [1.82, 2.24) is 9.97 Å². The molecule has 5 nitrogen and oxygen atoms in total. The summed E-state index contributed by atoms with van der Waals surface area (Å²) >= 11 is 3.44. The summed E-state index contributed by atoms with van der Waals surface area (Å²) in [5, 5.41) is 6.21. The molecule has 4 rings (SSSR count). The lowest BCUT2D eigenvalue weighted by molar-refractivity contribution is -0.115. The van der Waals surface area contributed by atoms with E-state index >= 15 is 0 Å². The van der Waals surface area contributed by atoms with Gasteiger partial charge >= 0.3 is 0 Å². The zero-order chi connectivity index (χ0) is 17.9. The van der Waals surface area contributed by atoms with E-state index in [2.05, 4.69) is 48.7 Å².